The van der Waals surface area contributed by atoms with Crippen molar-refractivity contribution in [1.82, 2.24) is 0 Å². The fourth-order valence-corrected chi connectivity index (χ4v) is 0. The van der Waals surface area contributed by atoms with E-state index in [1.54, 1.807) is 0 Å². The minimum absolute atomic E-state index is 0. The molecule has 0 aromatic rings. The maximum Gasteiger partial charge on any atom is 3.00 e. The molecule has 27 valence electrons. The van der Waals surface area contributed by atoms with Gasteiger partial charge in [-0.15, -0.1) is 0 Å². The van der Waals surface area contributed by atoms with Crippen molar-refractivity contribution in [2.75, 3.05) is 0 Å². The average molecular weight is 266 g/mol. The second-order valence-electron chi connectivity index (χ2n) is 0. The third-order valence-electron chi connectivity index (χ3n) is 0. The van der Waals surface area contributed by atoms with Gasteiger partial charge in [0, 0.05) is 0 Å². The van der Waals surface area contributed by atoms with Gasteiger partial charge >= 0.3 is 26.6 Å². The van der Waals surface area contributed by atoms with Crippen molar-refractivity contribution >= 4 is 26.6 Å². The van der Waals surface area contributed by atoms with Crippen molar-refractivity contribution in [2.24, 2.45) is 0 Å². The summed E-state index contributed by atoms with van der Waals surface area (Å²) >= 11 is 0. The number of halogens is 3. The van der Waals surface area contributed by atoms with Gasteiger partial charge in [0.25, 0.3) is 0 Å². The van der Waals surface area contributed by atoms with Crippen LogP contribution in [-0.4, -0.2) is 26.6 Å². The molecule has 0 fully saturated rings. The van der Waals surface area contributed by atoms with E-state index >= 15 is 0 Å². The summed E-state index contributed by atoms with van der Waals surface area (Å²) < 4.78 is 0. The molecule has 0 rings (SSSR count). The Morgan fingerprint density at radius 1 is 0.500 bits per heavy atom. The summed E-state index contributed by atoms with van der Waals surface area (Å²) in [6, 6.07) is 0. The monoisotopic (exact) mass is 266 g/mol. The third kappa shape index (κ3) is 16.2. The molecule has 0 aliphatic rings. The molecule has 0 saturated carbocycles. The Morgan fingerprint density at radius 3 is 0.500 bits per heavy atom. The van der Waals surface area contributed by atoms with Gasteiger partial charge in [0.1, 0.15) is 0 Å². The first-order valence-electron chi connectivity index (χ1n) is 0. The molecule has 0 nitrogen and oxygen atoms in total. The Hall–Kier alpha value is 0.686. The molecular weight excluding hydrogens is 266 g/mol. The maximum absolute atomic E-state index is 0. The van der Waals surface area contributed by atoms with E-state index in [1.165, 1.54) is 0 Å². The first-order valence-corrected chi connectivity index (χ1v) is 0. The van der Waals surface area contributed by atoms with Gasteiger partial charge in [0.2, 0.25) is 0 Å². The van der Waals surface area contributed by atoms with Gasteiger partial charge in [0.05, 0.1) is 0 Å². The normalized spacial score (nSPS) is 0. The molecule has 0 spiro atoms. The van der Waals surface area contributed by atoms with E-state index in [9.17, 15) is 0 Å². The van der Waals surface area contributed by atoms with E-state index in [0.717, 1.165) is 0 Å². The van der Waals surface area contributed by atoms with Crippen molar-refractivity contribution in [3.05, 3.63) is 0 Å². The van der Waals surface area contributed by atoms with Crippen LogP contribution < -0.4 is 14.1 Å². The average Bonchev–Trinajstić information content (AvgIpc) is 0. The summed E-state index contributed by atoms with van der Waals surface area (Å²) in [6.07, 6.45) is 0. The molecule has 4 heavy (non-hydrogen) atoms. The number of rotatable bonds is 0. The molecule has 0 bridgehead atoms. The maximum atomic E-state index is 0. The second kappa shape index (κ2) is 56.5. The van der Waals surface area contributed by atoms with E-state index in [2.05, 4.69) is 0 Å². The van der Waals surface area contributed by atoms with E-state index in [-0.39, 0.29) is 40.7 Å². The minimum atomic E-state index is 0. The summed E-state index contributed by atoms with van der Waals surface area (Å²) in [5.74, 6) is 0. The van der Waals surface area contributed by atoms with Gasteiger partial charge in [0.15, 0.2) is 0 Å². The molecule has 0 N–H and O–H groups in total. The smallest absolute Gasteiger partial charge is 1.00 e. The van der Waals surface area contributed by atoms with Crippen molar-refractivity contribution in [1.29, 1.82) is 0 Å². The van der Waals surface area contributed by atoms with Crippen molar-refractivity contribution < 1.29 is 14.1 Å². The largest absolute Gasteiger partial charge is 3.00 e. The molecule has 0 aliphatic carbocycles. The number of hydrogen-bond acceptors (Lipinski definition) is 0. The topological polar surface area (TPSA) is 0 Å². The molecule has 0 aliphatic heterocycles. The molecule has 0 heterocycles. The number of hydrogen-bond donors (Lipinski definition) is 0. The molecule has 0 amide bonds. The first kappa shape index (κ1) is 135. The summed E-state index contributed by atoms with van der Waals surface area (Å²) in [4.78, 5) is 0. The third-order valence-corrected chi connectivity index (χ3v) is 0. The van der Waals surface area contributed by atoms with Gasteiger partial charge in [-0.1, -0.05) is 0 Å². The molecule has 0 atom stereocenters. The summed E-state index contributed by atoms with van der Waals surface area (Å²) in [7, 11) is 0. The SMILES string of the molecule is [F-].[F-].[F-].[Po+3]. The molecule has 0 unspecified atom stereocenters. The van der Waals surface area contributed by atoms with Crippen LogP contribution >= 0.6 is 0 Å². The van der Waals surface area contributed by atoms with Crippen LogP contribution in [0.5, 0.6) is 0 Å². The van der Waals surface area contributed by atoms with Crippen molar-refractivity contribution in [2.45, 2.75) is 0 Å². The fraction of sp³-hybridized carbons (Fsp3) is 0. The summed E-state index contributed by atoms with van der Waals surface area (Å²) in [5, 5.41) is 0. The minimum Gasteiger partial charge on any atom is -1.00 e. The Bertz CT molecular complexity index is 3.25. The predicted molar refractivity (Wildman–Crippen MR) is 5.75 cm³/mol. The van der Waals surface area contributed by atoms with Crippen molar-refractivity contribution in [3.8, 4) is 0 Å². The van der Waals surface area contributed by atoms with Crippen molar-refractivity contribution in [3.63, 3.8) is 0 Å². The second-order valence-corrected chi connectivity index (χ2v) is 0. The predicted octanol–water partition coefficient (Wildman–Crippen LogP) is -9.37. The van der Waals surface area contributed by atoms with Crippen LogP contribution in [0.4, 0.5) is 0 Å². The standard InChI is InChI=1S/3FH.Po/h3*1H;/q;;;+3/p-3. The van der Waals surface area contributed by atoms with Gasteiger partial charge in [-0.05, 0) is 0 Å². The quantitative estimate of drug-likeness (QED) is 0.408. The van der Waals surface area contributed by atoms with Gasteiger partial charge in [-0.3, -0.25) is 0 Å². The van der Waals surface area contributed by atoms with Crippen LogP contribution in [-0.2, 0) is 0 Å². The van der Waals surface area contributed by atoms with E-state index < -0.39 is 0 Å². The zero-order valence-electron chi connectivity index (χ0n) is 1.54. The van der Waals surface area contributed by atoms with E-state index in [0.29, 0.717) is 0 Å². The molecule has 4 heteroatoms. The Balaban J connectivity index is 0. The van der Waals surface area contributed by atoms with Crippen LogP contribution in [0.3, 0.4) is 0 Å². The molecule has 3 radical (unpaired) electrons. The van der Waals surface area contributed by atoms with Crippen LogP contribution in [0.15, 0.2) is 0 Å². The molecule has 0 aromatic heterocycles. The van der Waals surface area contributed by atoms with Crippen LogP contribution in [0.25, 0.3) is 0 Å². The molecule has 0 aromatic carbocycles. The zero-order chi connectivity index (χ0) is 0. The summed E-state index contributed by atoms with van der Waals surface area (Å²) in [5.41, 5.74) is 0. The van der Waals surface area contributed by atoms with E-state index in [4.69, 9.17) is 0 Å². The van der Waals surface area contributed by atoms with Crippen LogP contribution in [0.2, 0.25) is 0 Å². The Kier molecular flexibility index (Phi) is 1910. The Morgan fingerprint density at radius 2 is 0.500 bits per heavy atom. The van der Waals surface area contributed by atoms with Crippen LogP contribution in [0.1, 0.15) is 0 Å². The Labute approximate surface area is 41.1 Å². The van der Waals surface area contributed by atoms with E-state index in [1.807, 2.05) is 0 Å². The van der Waals surface area contributed by atoms with Gasteiger partial charge in [-0.25, -0.2) is 0 Å². The molecular formula is F3Po. The first-order chi connectivity index (χ1) is 0. The van der Waals surface area contributed by atoms with Crippen LogP contribution in [0, 0.1) is 0 Å². The van der Waals surface area contributed by atoms with Gasteiger partial charge < -0.3 is 14.1 Å². The summed E-state index contributed by atoms with van der Waals surface area (Å²) in [6.45, 7) is 0. The fourth-order valence-electron chi connectivity index (χ4n) is 0. The zero-order valence-corrected chi connectivity index (χ0v) is 4.72. The van der Waals surface area contributed by atoms with Gasteiger partial charge in [-0.2, -0.15) is 0 Å². The molecule has 0 saturated heterocycles.